The summed E-state index contributed by atoms with van der Waals surface area (Å²) >= 11 is 1.99. The van der Waals surface area contributed by atoms with Crippen LogP contribution >= 0.6 is 22.6 Å². The van der Waals surface area contributed by atoms with Crippen LogP contribution in [0.25, 0.3) is 0 Å². The Labute approximate surface area is 169 Å². The fourth-order valence-corrected chi connectivity index (χ4v) is 4.40. The molecular formula is C17H16IN3O5S. The van der Waals surface area contributed by atoms with Gasteiger partial charge in [0.1, 0.15) is 10.6 Å². The number of carbonyl (C=O) groups excluding carboxylic acids is 1. The number of fused-ring (bicyclic) bond motifs is 1. The number of carbonyl (C=O) groups is 1. The summed E-state index contributed by atoms with van der Waals surface area (Å²) in [4.78, 5) is 12.4. The van der Waals surface area contributed by atoms with Crippen LogP contribution in [0, 0.1) is 3.57 Å². The highest BCUT2D eigenvalue weighted by atomic mass is 127. The van der Waals surface area contributed by atoms with Crippen molar-refractivity contribution in [1.82, 2.24) is 5.32 Å². The standard InChI is InChI=1S/C17H16IN3O5S/c1-26-14-5-3-2-4-11(14)13(22)9-19-17(23)16-20-12-7-6-10(18)8-15(12)27(24,25)21-16/h2-8,13,22H,9H2,1H3,(H,19,23)(H,20,21). The highest BCUT2D eigenvalue weighted by Crippen LogP contribution is 2.29. The lowest BCUT2D eigenvalue weighted by molar-refractivity contribution is -0.115. The molecule has 2 aromatic rings. The van der Waals surface area contributed by atoms with E-state index in [1.165, 1.54) is 13.2 Å². The number of halogens is 1. The van der Waals surface area contributed by atoms with Crippen LogP contribution in [0.5, 0.6) is 5.75 Å². The summed E-state index contributed by atoms with van der Waals surface area (Å²) in [5, 5.41) is 15.5. The summed E-state index contributed by atoms with van der Waals surface area (Å²) in [7, 11) is -2.50. The Morgan fingerprint density at radius 3 is 2.81 bits per heavy atom. The van der Waals surface area contributed by atoms with Gasteiger partial charge < -0.3 is 20.5 Å². The fourth-order valence-electron chi connectivity index (χ4n) is 2.56. The molecule has 1 heterocycles. The van der Waals surface area contributed by atoms with Crippen molar-refractivity contribution in [2.45, 2.75) is 11.0 Å². The van der Waals surface area contributed by atoms with E-state index in [0.717, 1.165) is 3.57 Å². The number of aliphatic hydroxyl groups is 1. The lowest BCUT2D eigenvalue weighted by atomic mass is 10.1. The molecule has 2 aromatic carbocycles. The quantitative estimate of drug-likeness (QED) is 0.537. The number of nitrogens with one attached hydrogen (secondary N) is 2. The third kappa shape index (κ3) is 4.22. The molecule has 3 rings (SSSR count). The number of ether oxygens (including phenoxy) is 1. The van der Waals surface area contributed by atoms with E-state index in [4.69, 9.17) is 4.74 Å². The van der Waals surface area contributed by atoms with Crippen molar-refractivity contribution in [3.63, 3.8) is 0 Å². The fraction of sp³-hybridized carbons (Fsp3) is 0.176. The van der Waals surface area contributed by atoms with Crippen LogP contribution in [0.2, 0.25) is 0 Å². The van der Waals surface area contributed by atoms with Crippen molar-refractivity contribution in [2.75, 3.05) is 19.0 Å². The van der Waals surface area contributed by atoms with Crippen molar-refractivity contribution in [3.8, 4) is 5.75 Å². The first-order chi connectivity index (χ1) is 12.8. The molecule has 0 aliphatic carbocycles. The molecule has 142 valence electrons. The SMILES string of the molecule is COc1ccccc1C(O)CNC(=O)C1=NS(=O)(=O)c2cc(I)ccc2N1. The number of hydrogen-bond donors (Lipinski definition) is 3. The number of nitrogens with zero attached hydrogens (tertiary/aromatic N) is 1. The number of rotatable bonds is 5. The van der Waals surface area contributed by atoms with Crippen molar-refractivity contribution >= 4 is 50.0 Å². The van der Waals surface area contributed by atoms with Crippen molar-refractivity contribution < 1.29 is 23.1 Å². The second-order valence-corrected chi connectivity index (χ2v) is 8.47. The van der Waals surface area contributed by atoms with Gasteiger partial charge in [0, 0.05) is 15.7 Å². The molecule has 1 aliphatic rings. The third-order valence-corrected chi connectivity index (χ3v) is 5.84. The number of amides is 1. The Kier molecular flexibility index (Phi) is 5.67. The van der Waals surface area contributed by atoms with Crippen LogP contribution in [0.4, 0.5) is 5.69 Å². The molecule has 0 spiro atoms. The summed E-state index contributed by atoms with van der Waals surface area (Å²) in [5.41, 5.74) is 0.784. The van der Waals surface area contributed by atoms with Gasteiger partial charge in [-0.15, -0.1) is 4.40 Å². The molecule has 1 aliphatic heterocycles. The molecule has 1 amide bonds. The average Bonchev–Trinajstić information content (AvgIpc) is 2.65. The summed E-state index contributed by atoms with van der Waals surface area (Å²) in [6.07, 6.45) is -1.03. The number of anilines is 1. The average molecular weight is 501 g/mol. The van der Waals surface area contributed by atoms with E-state index in [2.05, 4.69) is 15.0 Å². The zero-order valence-corrected chi connectivity index (χ0v) is 17.1. The van der Waals surface area contributed by atoms with Gasteiger partial charge in [0.05, 0.1) is 18.9 Å². The Morgan fingerprint density at radius 1 is 1.33 bits per heavy atom. The molecular weight excluding hydrogens is 485 g/mol. The van der Waals surface area contributed by atoms with Crippen LogP contribution < -0.4 is 15.4 Å². The molecule has 0 radical (unpaired) electrons. The van der Waals surface area contributed by atoms with E-state index in [1.54, 1.807) is 36.4 Å². The van der Waals surface area contributed by atoms with E-state index in [1.807, 2.05) is 22.6 Å². The van der Waals surface area contributed by atoms with Gasteiger partial charge in [-0.2, -0.15) is 8.42 Å². The minimum absolute atomic E-state index is 0.0139. The highest BCUT2D eigenvalue weighted by molar-refractivity contribution is 14.1. The number of benzene rings is 2. The molecule has 1 unspecified atom stereocenters. The largest absolute Gasteiger partial charge is 0.496 e. The highest BCUT2D eigenvalue weighted by Gasteiger charge is 2.28. The lowest BCUT2D eigenvalue weighted by Crippen LogP contribution is -2.39. The summed E-state index contributed by atoms with van der Waals surface area (Å²) in [6.45, 7) is -0.139. The van der Waals surface area contributed by atoms with Gasteiger partial charge in [0.25, 0.3) is 15.9 Å². The first-order valence-corrected chi connectivity index (χ1v) is 10.3. The maximum Gasteiger partial charge on any atom is 0.288 e. The van der Waals surface area contributed by atoms with Crippen molar-refractivity contribution in [1.29, 1.82) is 0 Å². The molecule has 0 saturated heterocycles. The van der Waals surface area contributed by atoms with Crippen LogP contribution in [0.1, 0.15) is 11.7 Å². The molecule has 0 aromatic heterocycles. The zero-order valence-electron chi connectivity index (χ0n) is 14.1. The number of hydrogen-bond acceptors (Lipinski definition) is 6. The monoisotopic (exact) mass is 501 g/mol. The predicted octanol–water partition coefficient (Wildman–Crippen LogP) is 1.66. The number of sulfonamides is 1. The molecule has 8 nitrogen and oxygen atoms in total. The van der Waals surface area contributed by atoms with Crippen molar-refractivity contribution in [2.24, 2.45) is 4.40 Å². The Morgan fingerprint density at radius 2 is 2.07 bits per heavy atom. The smallest absolute Gasteiger partial charge is 0.288 e. The Balaban J connectivity index is 1.74. The summed E-state index contributed by atoms with van der Waals surface area (Å²) < 4.78 is 34.1. The van der Waals surface area contributed by atoms with Gasteiger partial charge in [-0.3, -0.25) is 4.79 Å². The Bertz CT molecular complexity index is 1020. The summed E-state index contributed by atoms with van der Waals surface area (Å²) in [5.74, 6) is -0.605. The molecule has 27 heavy (non-hydrogen) atoms. The minimum Gasteiger partial charge on any atom is -0.496 e. The van der Waals surface area contributed by atoms with E-state index in [9.17, 15) is 18.3 Å². The van der Waals surface area contributed by atoms with E-state index >= 15 is 0 Å². The number of aliphatic hydroxyl groups excluding tert-OH is 1. The number of amidine groups is 1. The van der Waals surface area contributed by atoms with E-state index in [-0.39, 0.29) is 23.0 Å². The topological polar surface area (TPSA) is 117 Å². The first-order valence-electron chi connectivity index (χ1n) is 7.82. The van der Waals surface area contributed by atoms with Crippen LogP contribution in [-0.2, 0) is 14.8 Å². The Hall–Kier alpha value is -2.18. The second kappa shape index (κ2) is 7.82. The van der Waals surface area contributed by atoms with Gasteiger partial charge in [-0.05, 0) is 46.9 Å². The molecule has 0 saturated carbocycles. The predicted molar refractivity (Wildman–Crippen MR) is 108 cm³/mol. The van der Waals surface area contributed by atoms with Gasteiger partial charge >= 0.3 is 0 Å². The van der Waals surface area contributed by atoms with E-state index in [0.29, 0.717) is 11.3 Å². The first kappa shape index (κ1) is 19.6. The number of methoxy groups -OCH3 is 1. The lowest BCUT2D eigenvalue weighted by Gasteiger charge is -2.19. The molecule has 0 bridgehead atoms. The maximum atomic E-state index is 12.3. The van der Waals surface area contributed by atoms with Crippen LogP contribution in [0.3, 0.4) is 0 Å². The van der Waals surface area contributed by atoms with Gasteiger partial charge in [0.15, 0.2) is 0 Å². The maximum absolute atomic E-state index is 12.3. The van der Waals surface area contributed by atoms with Gasteiger partial charge in [-0.25, -0.2) is 0 Å². The second-order valence-electron chi connectivity index (χ2n) is 5.65. The van der Waals surface area contributed by atoms with Gasteiger partial charge in [0.2, 0.25) is 5.84 Å². The molecule has 0 fully saturated rings. The van der Waals surface area contributed by atoms with Crippen LogP contribution in [0.15, 0.2) is 51.8 Å². The van der Waals surface area contributed by atoms with Crippen molar-refractivity contribution in [3.05, 3.63) is 51.6 Å². The van der Waals surface area contributed by atoms with E-state index < -0.39 is 22.0 Å². The zero-order chi connectivity index (χ0) is 19.6. The third-order valence-electron chi connectivity index (χ3n) is 3.86. The minimum atomic E-state index is -3.98. The molecule has 1 atom stereocenters. The molecule has 10 heteroatoms. The summed E-state index contributed by atoms with van der Waals surface area (Å²) in [6, 6.07) is 11.6. The van der Waals surface area contributed by atoms with Crippen LogP contribution in [-0.4, -0.2) is 38.9 Å². The number of para-hydroxylation sites is 1. The van der Waals surface area contributed by atoms with Gasteiger partial charge in [-0.1, -0.05) is 18.2 Å². The molecule has 3 N–H and O–H groups in total. The normalized spacial score (nSPS) is 15.7.